The summed E-state index contributed by atoms with van der Waals surface area (Å²) in [5.41, 5.74) is 0.220. The Morgan fingerprint density at radius 2 is 1.86 bits per heavy atom. The van der Waals surface area contributed by atoms with Crippen LogP contribution in [0.2, 0.25) is 0 Å². The van der Waals surface area contributed by atoms with Crippen LogP contribution in [0.5, 0.6) is 5.75 Å². The highest BCUT2D eigenvalue weighted by molar-refractivity contribution is 5.72. The zero-order chi connectivity index (χ0) is 16.2. The van der Waals surface area contributed by atoms with Gasteiger partial charge < -0.3 is 4.74 Å². The lowest BCUT2D eigenvalue weighted by atomic mass is 10.1. The highest BCUT2D eigenvalue weighted by atomic mass is 19.1. The number of alkyl halides is 1. The number of unbranched alkanes of at least 4 members (excludes halogenated alkanes) is 6. The first-order valence-corrected chi connectivity index (χ1v) is 8.48. The molecule has 1 unspecified atom stereocenters. The van der Waals surface area contributed by atoms with E-state index in [9.17, 15) is 9.18 Å². The molecule has 1 aromatic heterocycles. The lowest BCUT2D eigenvalue weighted by Gasteiger charge is -2.11. The van der Waals surface area contributed by atoms with Crippen LogP contribution >= 0.6 is 0 Å². The molecule has 0 aliphatic heterocycles. The number of carbonyl (C=O) groups excluding carboxylic acids is 1. The van der Waals surface area contributed by atoms with Crippen LogP contribution in [0, 0.1) is 0 Å². The Bertz CT molecular complexity index is 437. The van der Waals surface area contributed by atoms with Gasteiger partial charge in [0, 0.05) is 12.6 Å². The Morgan fingerprint density at radius 1 is 1.18 bits per heavy atom. The molecule has 1 atom stereocenters. The summed E-state index contributed by atoms with van der Waals surface area (Å²) < 4.78 is 19.0. The van der Waals surface area contributed by atoms with Crippen LogP contribution in [-0.2, 0) is 4.79 Å². The first-order valence-electron chi connectivity index (χ1n) is 8.48. The lowest BCUT2D eigenvalue weighted by Crippen LogP contribution is -2.10. The summed E-state index contributed by atoms with van der Waals surface area (Å²) in [6.45, 7) is 3.94. The fourth-order valence-electron chi connectivity index (χ4n) is 2.32. The highest BCUT2D eigenvalue weighted by Gasteiger charge is 2.17. The second-order valence-corrected chi connectivity index (χ2v) is 5.61. The molecule has 0 aromatic carbocycles. The average molecular weight is 309 g/mol. The molecule has 3 nitrogen and oxygen atoms in total. The van der Waals surface area contributed by atoms with Gasteiger partial charge in [-0.25, -0.2) is 4.39 Å². The van der Waals surface area contributed by atoms with E-state index in [0.29, 0.717) is 12.8 Å². The van der Waals surface area contributed by atoms with Crippen molar-refractivity contribution in [3.8, 4) is 5.75 Å². The number of esters is 1. The monoisotopic (exact) mass is 309 g/mol. The molecule has 4 heteroatoms. The molecule has 0 saturated carbocycles. The normalized spacial score (nSPS) is 12.1. The Morgan fingerprint density at radius 3 is 2.55 bits per heavy atom. The quantitative estimate of drug-likeness (QED) is 0.397. The summed E-state index contributed by atoms with van der Waals surface area (Å²) in [5.74, 6) is -0.0455. The molecule has 0 aliphatic carbocycles. The number of aromatic nitrogens is 1. The van der Waals surface area contributed by atoms with Gasteiger partial charge in [-0.15, -0.1) is 0 Å². The van der Waals surface area contributed by atoms with E-state index in [2.05, 4.69) is 11.9 Å². The third-order valence-electron chi connectivity index (χ3n) is 3.66. The second kappa shape index (κ2) is 11.2. The van der Waals surface area contributed by atoms with E-state index in [1.807, 2.05) is 0 Å². The van der Waals surface area contributed by atoms with E-state index in [4.69, 9.17) is 4.74 Å². The molecule has 0 saturated heterocycles. The van der Waals surface area contributed by atoms with Crippen molar-refractivity contribution in [2.45, 2.75) is 77.8 Å². The van der Waals surface area contributed by atoms with Gasteiger partial charge in [-0.3, -0.25) is 9.78 Å². The van der Waals surface area contributed by atoms with Crippen molar-refractivity contribution >= 4 is 5.97 Å². The Hall–Kier alpha value is -1.45. The zero-order valence-corrected chi connectivity index (χ0v) is 13.8. The molecule has 0 radical (unpaired) electrons. The predicted molar refractivity (Wildman–Crippen MR) is 86.6 cm³/mol. The van der Waals surface area contributed by atoms with Gasteiger partial charge in [-0.05, 0) is 25.0 Å². The molecule has 0 fully saturated rings. The van der Waals surface area contributed by atoms with Crippen LogP contribution in [0.15, 0.2) is 18.3 Å². The molecule has 1 heterocycles. The molecular formula is C18H28FNO2. The minimum absolute atomic E-state index is 0.220. The summed E-state index contributed by atoms with van der Waals surface area (Å²) >= 11 is 0. The number of halogens is 1. The summed E-state index contributed by atoms with van der Waals surface area (Å²) in [6, 6.07) is 3.26. The van der Waals surface area contributed by atoms with Gasteiger partial charge in [0.2, 0.25) is 0 Å². The number of hydrogen-bond donors (Lipinski definition) is 0. The summed E-state index contributed by atoms with van der Waals surface area (Å²) in [4.78, 5) is 15.8. The average Bonchev–Trinajstić information content (AvgIpc) is 2.54. The van der Waals surface area contributed by atoms with Crippen molar-refractivity contribution in [3.63, 3.8) is 0 Å². The fourth-order valence-corrected chi connectivity index (χ4v) is 2.32. The van der Waals surface area contributed by atoms with E-state index >= 15 is 0 Å². The van der Waals surface area contributed by atoms with E-state index < -0.39 is 6.17 Å². The maximum absolute atomic E-state index is 13.8. The molecular weight excluding hydrogens is 281 g/mol. The molecule has 1 aromatic rings. The molecule has 0 amide bonds. The number of pyridine rings is 1. The summed E-state index contributed by atoms with van der Waals surface area (Å²) in [6.07, 6.45) is 9.09. The predicted octanol–water partition coefficient (Wildman–Crippen LogP) is 5.55. The van der Waals surface area contributed by atoms with Crippen LogP contribution < -0.4 is 4.74 Å². The van der Waals surface area contributed by atoms with Gasteiger partial charge in [-0.1, -0.05) is 52.4 Å². The molecule has 1 rings (SSSR count). The first-order chi connectivity index (χ1) is 10.7. The standard InChI is InChI=1S/C18H28FNO2/c1-3-5-6-7-8-9-10-13-17(21)22-16-12-11-14-20-18(16)15(19)4-2/h11-12,14-15H,3-10,13H2,1-2H3. The number of rotatable bonds is 11. The van der Waals surface area contributed by atoms with Crippen molar-refractivity contribution in [1.29, 1.82) is 0 Å². The highest BCUT2D eigenvalue weighted by Crippen LogP contribution is 2.28. The Labute approximate surface area is 133 Å². The van der Waals surface area contributed by atoms with Gasteiger partial charge in [0.1, 0.15) is 11.9 Å². The minimum Gasteiger partial charge on any atom is -0.424 e. The van der Waals surface area contributed by atoms with E-state index in [-0.39, 0.29) is 17.4 Å². The van der Waals surface area contributed by atoms with Crippen LogP contribution in [-0.4, -0.2) is 11.0 Å². The molecule has 124 valence electrons. The van der Waals surface area contributed by atoms with E-state index in [1.54, 1.807) is 19.1 Å². The second-order valence-electron chi connectivity index (χ2n) is 5.61. The Balaban J connectivity index is 2.30. The van der Waals surface area contributed by atoms with Crippen LogP contribution in [0.4, 0.5) is 4.39 Å². The van der Waals surface area contributed by atoms with Gasteiger partial charge in [0.05, 0.1) is 0 Å². The van der Waals surface area contributed by atoms with Crippen LogP contribution in [0.1, 0.15) is 83.5 Å². The Kier molecular flexibility index (Phi) is 9.44. The lowest BCUT2D eigenvalue weighted by molar-refractivity contribution is -0.134. The molecule has 22 heavy (non-hydrogen) atoms. The van der Waals surface area contributed by atoms with Gasteiger partial charge in [-0.2, -0.15) is 0 Å². The topological polar surface area (TPSA) is 39.2 Å². The molecule has 0 bridgehead atoms. The zero-order valence-electron chi connectivity index (χ0n) is 13.8. The first kappa shape index (κ1) is 18.6. The largest absolute Gasteiger partial charge is 0.424 e. The molecule has 0 aliphatic rings. The van der Waals surface area contributed by atoms with Crippen molar-refractivity contribution in [3.05, 3.63) is 24.0 Å². The molecule has 0 N–H and O–H groups in total. The smallest absolute Gasteiger partial charge is 0.311 e. The third kappa shape index (κ3) is 7.01. The SMILES string of the molecule is CCCCCCCCCC(=O)Oc1cccnc1C(F)CC. The third-order valence-corrected chi connectivity index (χ3v) is 3.66. The van der Waals surface area contributed by atoms with Crippen LogP contribution in [0.3, 0.4) is 0 Å². The van der Waals surface area contributed by atoms with E-state index in [0.717, 1.165) is 19.3 Å². The fraction of sp³-hybridized carbons (Fsp3) is 0.667. The van der Waals surface area contributed by atoms with Gasteiger partial charge >= 0.3 is 5.97 Å². The number of hydrogen-bond acceptors (Lipinski definition) is 3. The minimum atomic E-state index is -1.19. The van der Waals surface area contributed by atoms with Crippen LogP contribution in [0.25, 0.3) is 0 Å². The maximum Gasteiger partial charge on any atom is 0.311 e. The summed E-state index contributed by atoms with van der Waals surface area (Å²) in [5, 5.41) is 0. The molecule has 0 spiro atoms. The number of nitrogens with zero attached hydrogens (tertiary/aromatic N) is 1. The number of ether oxygens (including phenoxy) is 1. The van der Waals surface area contributed by atoms with Gasteiger partial charge in [0.15, 0.2) is 5.75 Å². The van der Waals surface area contributed by atoms with Crippen molar-refractivity contribution < 1.29 is 13.9 Å². The van der Waals surface area contributed by atoms with Gasteiger partial charge in [0.25, 0.3) is 0 Å². The van der Waals surface area contributed by atoms with Crippen molar-refractivity contribution in [1.82, 2.24) is 4.98 Å². The summed E-state index contributed by atoms with van der Waals surface area (Å²) in [7, 11) is 0. The van der Waals surface area contributed by atoms with E-state index in [1.165, 1.54) is 31.9 Å². The maximum atomic E-state index is 13.8. The van der Waals surface area contributed by atoms with Crippen molar-refractivity contribution in [2.24, 2.45) is 0 Å². The van der Waals surface area contributed by atoms with Crippen molar-refractivity contribution in [2.75, 3.05) is 0 Å². The number of carbonyl (C=O) groups is 1.